The van der Waals surface area contributed by atoms with Crippen LogP contribution in [-0.2, 0) is 21.2 Å². The Labute approximate surface area is 141 Å². The molecule has 1 aromatic carbocycles. The van der Waals surface area contributed by atoms with Crippen LogP contribution in [0.2, 0.25) is 10.0 Å². The molecule has 0 aliphatic heterocycles. The van der Waals surface area contributed by atoms with Crippen LogP contribution >= 0.6 is 23.2 Å². The maximum atomic E-state index is 12.0. The van der Waals surface area contributed by atoms with Gasteiger partial charge < -0.3 is 5.32 Å². The van der Waals surface area contributed by atoms with Crippen molar-refractivity contribution >= 4 is 44.6 Å². The van der Waals surface area contributed by atoms with E-state index in [-0.39, 0.29) is 20.6 Å². The summed E-state index contributed by atoms with van der Waals surface area (Å²) in [4.78, 5) is 23.8. The van der Waals surface area contributed by atoms with Gasteiger partial charge in [-0.05, 0) is 12.1 Å². The topological polar surface area (TPSA) is 98.1 Å². The molecular formula is C13H11Cl2N3O4S. The van der Waals surface area contributed by atoms with Crippen molar-refractivity contribution < 1.29 is 13.2 Å². The van der Waals surface area contributed by atoms with Gasteiger partial charge in [0.05, 0.1) is 21.8 Å². The molecule has 1 amide bonds. The molecule has 122 valence electrons. The van der Waals surface area contributed by atoms with Crippen LogP contribution in [0.4, 0.5) is 5.69 Å². The van der Waals surface area contributed by atoms with Crippen LogP contribution in [0, 0.1) is 0 Å². The maximum Gasteiger partial charge on any atom is 0.287 e. The SMILES string of the molecule is CS(=O)(=O)c1ccccc1NC(=O)Cn1ncc(Cl)c(Cl)c1=O. The number of benzene rings is 1. The normalized spacial score (nSPS) is 11.3. The van der Waals surface area contributed by atoms with Gasteiger partial charge in [-0.15, -0.1) is 0 Å². The van der Waals surface area contributed by atoms with Gasteiger partial charge in [-0.2, -0.15) is 5.10 Å². The Hall–Kier alpha value is -1.90. The lowest BCUT2D eigenvalue weighted by molar-refractivity contribution is -0.117. The van der Waals surface area contributed by atoms with E-state index in [9.17, 15) is 18.0 Å². The Morgan fingerprint density at radius 3 is 2.61 bits per heavy atom. The van der Waals surface area contributed by atoms with Gasteiger partial charge in [0, 0.05) is 6.26 Å². The quantitative estimate of drug-likeness (QED) is 0.874. The smallest absolute Gasteiger partial charge is 0.287 e. The summed E-state index contributed by atoms with van der Waals surface area (Å²) in [6.07, 6.45) is 2.17. The average molecular weight is 376 g/mol. The minimum absolute atomic E-state index is 0.0178. The van der Waals surface area contributed by atoms with Gasteiger partial charge in [0.2, 0.25) is 5.91 Å². The third kappa shape index (κ3) is 4.10. The van der Waals surface area contributed by atoms with Crippen LogP contribution in [0.1, 0.15) is 0 Å². The zero-order valence-corrected chi connectivity index (χ0v) is 14.1. The molecule has 0 bridgehead atoms. The molecule has 0 spiro atoms. The van der Waals surface area contributed by atoms with Crippen molar-refractivity contribution in [3.8, 4) is 0 Å². The lowest BCUT2D eigenvalue weighted by Gasteiger charge is -2.10. The number of halogens is 2. The van der Waals surface area contributed by atoms with Gasteiger partial charge in [-0.1, -0.05) is 35.3 Å². The zero-order chi connectivity index (χ0) is 17.2. The lowest BCUT2D eigenvalue weighted by atomic mass is 10.3. The Balaban J connectivity index is 2.25. The maximum absolute atomic E-state index is 12.0. The van der Waals surface area contributed by atoms with E-state index in [4.69, 9.17) is 23.2 Å². The Bertz CT molecular complexity index is 925. The summed E-state index contributed by atoms with van der Waals surface area (Å²) in [6, 6.07) is 5.93. The molecule has 0 saturated heterocycles. The van der Waals surface area contributed by atoms with Gasteiger partial charge in [-0.3, -0.25) is 9.59 Å². The number of carbonyl (C=O) groups excluding carboxylic acids is 1. The third-order valence-corrected chi connectivity index (χ3v) is 4.70. The summed E-state index contributed by atoms with van der Waals surface area (Å²) < 4.78 is 24.2. The fourth-order valence-electron chi connectivity index (χ4n) is 1.78. The highest BCUT2D eigenvalue weighted by Crippen LogP contribution is 2.20. The predicted molar refractivity (Wildman–Crippen MR) is 86.7 cm³/mol. The Kier molecular flexibility index (Phi) is 5.08. The largest absolute Gasteiger partial charge is 0.323 e. The molecule has 10 heteroatoms. The van der Waals surface area contributed by atoms with Crippen molar-refractivity contribution in [2.24, 2.45) is 0 Å². The summed E-state index contributed by atoms with van der Waals surface area (Å²) >= 11 is 11.3. The van der Waals surface area contributed by atoms with Crippen molar-refractivity contribution in [1.29, 1.82) is 0 Å². The number of rotatable bonds is 4. The molecule has 0 atom stereocenters. The van der Waals surface area contributed by atoms with Gasteiger partial charge >= 0.3 is 0 Å². The number of hydrogen-bond donors (Lipinski definition) is 1. The molecule has 23 heavy (non-hydrogen) atoms. The van der Waals surface area contributed by atoms with Crippen LogP contribution in [0.3, 0.4) is 0 Å². The monoisotopic (exact) mass is 375 g/mol. The summed E-state index contributed by atoms with van der Waals surface area (Å²) in [7, 11) is -3.51. The van der Waals surface area contributed by atoms with E-state index >= 15 is 0 Å². The van der Waals surface area contributed by atoms with Crippen molar-refractivity contribution in [2.75, 3.05) is 11.6 Å². The first-order chi connectivity index (χ1) is 10.7. The average Bonchev–Trinajstić information content (AvgIpc) is 2.47. The van der Waals surface area contributed by atoms with E-state index in [0.717, 1.165) is 17.1 Å². The number of sulfone groups is 1. The number of carbonyl (C=O) groups is 1. The molecule has 1 N–H and O–H groups in total. The van der Waals surface area contributed by atoms with Gasteiger partial charge in [0.25, 0.3) is 5.56 Å². The second-order valence-electron chi connectivity index (χ2n) is 4.59. The highest BCUT2D eigenvalue weighted by atomic mass is 35.5. The molecule has 0 saturated carbocycles. The summed E-state index contributed by atoms with van der Waals surface area (Å²) in [5.41, 5.74) is -0.598. The number of nitrogens with zero attached hydrogens (tertiary/aromatic N) is 2. The number of para-hydroxylation sites is 1. The van der Waals surface area contributed by atoms with Crippen LogP contribution in [0.15, 0.2) is 40.2 Å². The molecule has 2 aromatic rings. The van der Waals surface area contributed by atoms with E-state index in [0.29, 0.717) is 0 Å². The fraction of sp³-hybridized carbons (Fsp3) is 0.154. The molecule has 0 aliphatic rings. The van der Waals surface area contributed by atoms with E-state index in [1.807, 2.05) is 0 Å². The summed E-state index contributed by atoms with van der Waals surface area (Å²) in [5.74, 6) is -0.630. The molecular weight excluding hydrogens is 365 g/mol. The van der Waals surface area contributed by atoms with Crippen molar-refractivity contribution in [2.45, 2.75) is 11.4 Å². The summed E-state index contributed by atoms with van der Waals surface area (Å²) in [5, 5.41) is 5.87. The van der Waals surface area contributed by atoms with Gasteiger partial charge in [0.15, 0.2) is 9.84 Å². The Morgan fingerprint density at radius 2 is 1.96 bits per heavy atom. The zero-order valence-electron chi connectivity index (χ0n) is 11.8. The van der Waals surface area contributed by atoms with E-state index in [2.05, 4.69) is 10.4 Å². The molecule has 2 rings (SSSR count). The highest BCUT2D eigenvalue weighted by Gasteiger charge is 2.16. The van der Waals surface area contributed by atoms with Gasteiger partial charge in [-0.25, -0.2) is 13.1 Å². The van der Waals surface area contributed by atoms with E-state index < -0.39 is 27.8 Å². The fourth-order valence-corrected chi connectivity index (χ4v) is 2.89. The minimum atomic E-state index is -3.51. The molecule has 0 aliphatic carbocycles. The highest BCUT2D eigenvalue weighted by molar-refractivity contribution is 7.90. The first-order valence-corrected chi connectivity index (χ1v) is 8.85. The van der Waals surface area contributed by atoms with Crippen molar-refractivity contribution in [3.63, 3.8) is 0 Å². The van der Waals surface area contributed by atoms with Gasteiger partial charge in [0.1, 0.15) is 11.6 Å². The molecule has 0 radical (unpaired) electrons. The van der Waals surface area contributed by atoms with Crippen LogP contribution in [-0.4, -0.2) is 30.4 Å². The van der Waals surface area contributed by atoms with E-state index in [1.54, 1.807) is 6.07 Å². The minimum Gasteiger partial charge on any atom is -0.323 e. The lowest BCUT2D eigenvalue weighted by Crippen LogP contribution is -2.30. The molecule has 0 unspecified atom stereocenters. The van der Waals surface area contributed by atoms with Crippen LogP contribution in [0.25, 0.3) is 0 Å². The number of nitrogens with one attached hydrogen (secondary N) is 1. The molecule has 0 fully saturated rings. The van der Waals surface area contributed by atoms with Crippen molar-refractivity contribution in [1.82, 2.24) is 9.78 Å². The number of aromatic nitrogens is 2. The predicted octanol–water partition coefficient (Wildman–Crippen LogP) is 1.59. The van der Waals surface area contributed by atoms with Crippen molar-refractivity contribution in [3.05, 3.63) is 50.9 Å². The molecule has 7 nitrogen and oxygen atoms in total. The summed E-state index contributed by atoms with van der Waals surface area (Å²) in [6.45, 7) is -0.437. The molecule has 1 aromatic heterocycles. The second kappa shape index (κ2) is 6.69. The first-order valence-electron chi connectivity index (χ1n) is 6.20. The number of hydrogen-bond acceptors (Lipinski definition) is 5. The first kappa shape index (κ1) is 17.5. The second-order valence-corrected chi connectivity index (χ2v) is 7.36. The van der Waals surface area contributed by atoms with E-state index in [1.165, 1.54) is 18.2 Å². The van der Waals surface area contributed by atoms with Crippen LogP contribution < -0.4 is 10.9 Å². The number of anilines is 1. The van der Waals surface area contributed by atoms with Crippen LogP contribution in [0.5, 0.6) is 0 Å². The number of amides is 1. The standard InChI is InChI=1S/C13H11Cl2N3O4S/c1-23(21,22)10-5-3-2-4-9(10)17-11(19)7-18-13(20)12(15)8(14)6-16-18/h2-6H,7H2,1H3,(H,17,19). The molecule has 1 heterocycles. The Morgan fingerprint density at radius 1 is 1.30 bits per heavy atom. The third-order valence-electron chi connectivity index (χ3n) is 2.80.